The van der Waals surface area contributed by atoms with Crippen molar-refractivity contribution < 1.29 is 9.59 Å². The molecule has 0 spiro atoms. The summed E-state index contributed by atoms with van der Waals surface area (Å²) in [5.41, 5.74) is 1.73. The van der Waals surface area contributed by atoms with Crippen molar-refractivity contribution >= 4 is 22.5 Å². The summed E-state index contributed by atoms with van der Waals surface area (Å²) in [6.07, 6.45) is 0.599. The van der Waals surface area contributed by atoms with E-state index in [2.05, 4.69) is 0 Å². The zero-order valence-corrected chi connectivity index (χ0v) is 15.2. The van der Waals surface area contributed by atoms with Crippen molar-refractivity contribution in [2.24, 2.45) is 0 Å². The van der Waals surface area contributed by atoms with Gasteiger partial charge in [-0.1, -0.05) is 72.8 Å². The molecule has 0 heterocycles. The number of hydrogen-bond donors (Lipinski definition) is 0. The number of benzene rings is 3. The minimum absolute atomic E-state index is 0.00872. The average molecular weight is 345 g/mol. The summed E-state index contributed by atoms with van der Waals surface area (Å²) in [4.78, 5) is 26.6. The highest BCUT2D eigenvalue weighted by molar-refractivity contribution is 6.10. The van der Waals surface area contributed by atoms with Crippen molar-refractivity contribution in [3.05, 3.63) is 83.9 Å². The van der Waals surface area contributed by atoms with Crippen molar-refractivity contribution in [1.29, 1.82) is 0 Å². The third-order valence-corrected chi connectivity index (χ3v) is 4.86. The molecule has 26 heavy (non-hydrogen) atoms. The molecule has 132 valence electrons. The van der Waals surface area contributed by atoms with Gasteiger partial charge in [-0.15, -0.1) is 0 Å². The Balaban J connectivity index is 1.97. The molecule has 3 aromatic rings. The van der Waals surface area contributed by atoms with Crippen LogP contribution in [0, 0.1) is 0 Å². The van der Waals surface area contributed by atoms with Gasteiger partial charge in [0.05, 0.1) is 0 Å². The van der Waals surface area contributed by atoms with Crippen molar-refractivity contribution in [3.63, 3.8) is 0 Å². The van der Waals surface area contributed by atoms with Crippen LogP contribution in [0.4, 0.5) is 0 Å². The van der Waals surface area contributed by atoms with Gasteiger partial charge >= 0.3 is 0 Å². The maximum absolute atomic E-state index is 13.4. The van der Waals surface area contributed by atoms with Gasteiger partial charge in [0, 0.05) is 32.0 Å². The fourth-order valence-corrected chi connectivity index (χ4v) is 3.24. The molecule has 0 radical (unpaired) electrons. The lowest BCUT2D eigenvalue weighted by molar-refractivity contribution is -0.127. The Morgan fingerprint density at radius 1 is 0.885 bits per heavy atom. The largest absolute Gasteiger partial charge is 0.346 e. The summed E-state index contributed by atoms with van der Waals surface area (Å²) in [7, 11) is 1.77. The molecule has 1 amide bonds. The number of Topliss-reactive ketones (excluding diaryl/α,β-unsaturated/α-hetero) is 1. The maximum atomic E-state index is 13.4. The van der Waals surface area contributed by atoms with E-state index < -0.39 is 0 Å². The molecule has 1 unspecified atom stereocenters. The van der Waals surface area contributed by atoms with E-state index in [1.807, 2.05) is 72.8 Å². The van der Waals surface area contributed by atoms with Crippen LogP contribution in [0.1, 0.15) is 35.2 Å². The van der Waals surface area contributed by atoms with Crippen LogP contribution in [0.3, 0.4) is 0 Å². The Kier molecular flexibility index (Phi) is 5.47. The Morgan fingerprint density at radius 3 is 2.27 bits per heavy atom. The molecule has 0 aliphatic carbocycles. The van der Waals surface area contributed by atoms with Crippen molar-refractivity contribution in [3.8, 4) is 0 Å². The van der Waals surface area contributed by atoms with Gasteiger partial charge in [0.25, 0.3) is 0 Å². The summed E-state index contributed by atoms with van der Waals surface area (Å²) < 4.78 is 0. The van der Waals surface area contributed by atoms with Gasteiger partial charge in [-0.3, -0.25) is 9.59 Å². The zero-order valence-electron chi connectivity index (χ0n) is 15.2. The van der Waals surface area contributed by atoms with Crippen LogP contribution in [-0.2, 0) is 4.79 Å². The minimum Gasteiger partial charge on any atom is -0.346 e. The number of ketones is 1. The first-order valence-electron chi connectivity index (χ1n) is 8.86. The van der Waals surface area contributed by atoms with Gasteiger partial charge in [0.2, 0.25) is 5.91 Å². The van der Waals surface area contributed by atoms with Crippen LogP contribution >= 0.6 is 0 Å². The second-order valence-electron chi connectivity index (χ2n) is 6.58. The first-order chi connectivity index (χ1) is 12.6. The van der Waals surface area contributed by atoms with Gasteiger partial charge in [0.15, 0.2) is 5.78 Å². The van der Waals surface area contributed by atoms with Crippen LogP contribution in [-0.4, -0.2) is 30.2 Å². The topological polar surface area (TPSA) is 37.4 Å². The maximum Gasteiger partial charge on any atom is 0.219 e. The van der Waals surface area contributed by atoms with Crippen LogP contribution < -0.4 is 0 Å². The zero-order chi connectivity index (χ0) is 18.5. The fourth-order valence-electron chi connectivity index (χ4n) is 3.24. The summed E-state index contributed by atoms with van der Waals surface area (Å²) in [5, 5.41) is 2.03. The van der Waals surface area contributed by atoms with E-state index in [0.29, 0.717) is 13.0 Å². The number of nitrogens with zero attached hydrogens (tertiary/aromatic N) is 1. The van der Waals surface area contributed by atoms with Crippen LogP contribution in [0.2, 0.25) is 0 Å². The molecule has 3 heteroatoms. The summed E-state index contributed by atoms with van der Waals surface area (Å²) in [6, 6.07) is 23.6. The number of rotatable bonds is 6. The molecular weight excluding hydrogens is 322 g/mol. The average Bonchev–Trinajstić information content (AvgIpc) is 2.68. The fraction of sp³-hybridized carbons (Fsp3) is 0.217. The molecule has 0 saturated heterocycles. The van der Waals surface area contributed by atoms with E-state index in [1.54, 1.807) is 18.9 Å². The Hall–Kier alpha value is -2.94. The molecule has 1 atom stereocenters. The second kappa shape index (κ2) is 7.96. The lowest BCUT2D eigenvalue weighted by atomic mass is 9.86. The summed E-state index contributed by atoms with van der Waals surface area (Å²) in [5.74, 6) is -0.164. The van der Waals surface area contributed by atoms with E-state index in [4.69, 9.17) is 0 Å². The summed E-state index contributed by atoms with van der Waals surface area (Å²) in [6.45, 7) is 2.09. The van der Waals surface area contributed by atoms with Crippen molar-refractivity contribution in [1.82, 2.24) is 4.90 Å². The molecular formula is C23H23NO2. The Labute approximate surface area is 154 Å². The smallest absolute Gasteiger partial charge is 0.219 e. The molecule has 0 fully saturated rings. The lowest BCUT2D eigenvalue weighted by Crippen LogP contribution is -2.27. The van der Waals surface area contributed by atoms with Crippen molar-refractivity contribution in [2.45, 2.75) is 19.3 Å². The number of fused-ring (bicyclic) bond motifs is 1. The highest BCUT2D eigenvalue weighted by Crippen LogP contribution is 2.28. The number of carbonyl (C=O) groups is 2. The molecule has 0 aromatic heterocycles. The Bertz CT molecular complexity index is 912. The predicted octanol–water partition coefficient (Wildman–Crippen LogP) is 4.67. The summed E-state index contributed by atoms with van der Waals surface area (Å²) >= 11 is 0. The third kappa shape index (κ3) is 3.83. The molecule has 0 saturated carbocycles. The first-order valence-corrected chi connectivity index (χ1v) is 8.86. The van der Waals surface area contributed by atoms with Crippen LogP contribution in [0.25, 0.3) is 10.8 Å². The minimum atomic E-state index is -0.274. The highest BCUT2D eigenvalue weighted by Gasteiger charge is 2.24. The normalized spacial score (nSPS) is 11.9. The number of hydrogen-bond acceptors (Lipinski definition) is 2. The standard InChI is InChI=1S/C23H23NO2/c1-17(25)24(2)16-15-21(19-9-4-3-5-10-19)23(26)22-14-8-12-18-11-6-7-13-20(18)22/h3-14,21H,15-16H2,1-2H3. The quantitative estimate of drug-likeness (QED) is 0.609. The van der Waals surface area contributed by atoms with Gasteiger partial charge in [-0.2, -0.15) is 0 Å². The highest BCUT2D eigenvalue weighted by atomic mass is 16.2. The van der Waals surface area contributed by atoms with E-state index in [0.717, 1.165) is 21.9 Å². The van der Waals surface area contributed by atoms with Gasteiger partial charge in [-0.25, -0.2) is 0 Å². The Morgan fingerprint density at radius 2 is 1.54 bits per heavy atom. The first kappa shape index (κ1) is 17.9. The van der Waals surface area contributed by atoms with Crippen LogP contribution in [0.5, 0.6) is 0 Å². The van der Waals surface area contributed by atoms with Gasteiger partial charge < -0.3 is 4.90 Å². The third-order valence-electron chi connectivity index (χ3n) is 4.86. The molecule has 0 aliphatic rings. The monoisotopic (exact) mass is 345 g/mol. The molecule has 3 nitrogen and oxygen atoms in total. The lowest BCUT2D eigenvalue weighted by Gasteiger charge is -2.21. The second-order valence-corrected chi connectivity index (χ2v) is 6.58. The van der Waals surface area contributed by atoms with Crippen LogP contribution in [0.15, 0.2) is 72.8 Å². The van der Waals surface area contributed by atoms with Gasteiger partial charge in [-0.05, 0) is 22.8 Å². The van der Waals surface area contributed by atoms with E-state index >= 15 is 0 Å². The molecule has 0 aliphatic heterocycles. The molecule has 0 N–H and O–H groups in total. The number of carbonyl (C=O) groups excluding carboxylic acids is 2. The van der Waals surface area contributed by atoms with Gasteiger partial charge in [0.1, 0.15) is 0 Å². The molecule has 3 aromatic carbocycles. The SMILES string of the molecule is CC(=O)N(C)CCC(C(=O)c1cccc2ccccc12)c1ccccc1. The van der Waals surface area contributed by atoms with E-state index in [9.17, 15) is 9.59 Å². The van der Waals surface area contributed by atoms with E-state index in [-0.39, 0.29) is 17.6 Å². The number of amides is 1. The van der Waals surface area contributed by atoms with Crippen molar-refractivity contribution in [2.75, 3.05) is 13.6 Å². The predicted molar refractivity (Wildman–Crippen MR) is 105 cm³/mol. The molecule has 0 bridgehead atoms. The molecule has 3 rings (SSSR count). The van der Waals surface area contributed by atoms with E-state index in [1.165, 1.54) is 0 Å².